The van der Waals surface area contributed by atoms with Gasteiger partial charge in [0.1, 0.15) is 0 Å². The van der Waals surface area contributed by atoms with Crippen molar-refractivity contribution in [2.75, 3.05) is 0 Å². The molecule has 0 aliphatic carbocycles. The van der Waals surface area contributed by atoms with Gasteiger partial charge in [-0.1, -0.05) is 0 Å². The van der Waals surface area contributed by atoms with E-state index in [0.717, 1.165) is 7.06 Å². The van der Waals surface area contributed by atoms with Crippen LogP contribution in [0.1, 0.15) is 0 Å². The summed E-state index contributed by atoms with van der Waals surface area (Å²) in [6.45, 7) is 0. The highest BCUT2D eigenvalue weighted by molar-refractivity contribution is 8.65. The van der Waals surface area contributed by atoms with Crippen molar-refractivity contribution in [1.29, 1.82) is 0 Å². The second-order valence-electron chi connectivity index (χ2n) is 27.5. The molecule has 0 saturated carbocycles. The van der Waals surface area contributed by atoms with Gasteiger partial charge in [-0.2, -0.15) is 0 Å². The summed E-state index contributed by atoms with van der Waals surface area (Å²) in [5, 5.41) is 0. The lowest BCUT2D eigenvalue weighted by molar-refractivity contribution is 3.20. The first kappa shape index (κ1) is 106. The molecule has 0 aliphatic heterocycles. The molecule has 0 N–H and O–H groups in total. The van der Waals surface area contributed by atoms with E-state index in [4.69, 9.17) is 387 Å². The second kappa shape index (κ2) is 49.0. The molecule has 0 rings (SSSR count). The van der Waals surface area contributed by atoms with Crippen LogP contribution in [0.4, 0.5) is 0 Å². The van der Waals surface area contributed by atoms with Gasteiger partial charge in [-0.05, 0) is 0 Å². The molecule has 0 atom stereocenters. The molecule has 0 aromatic carbocycles. The lowest BCUT2D eigenvalue weighted by Crippen LogP contribution is -2.93. The monoisotopic (exact) mass is 1110 g/mol. The number of rotatable bonds is 48. The average Bonchev–Trinajstić information content (AvgIpc) is 3.39. The van der Waals surface area contributed by atoms with Gasteiger partial charge in [0.2, 0.25) is 0 Å². The summed E-state index contributed by atoms with van der Waals surface area (Å²) in [5.41, 5.74) is 0. The summed E-state index contributed by atoms with van der Waals surface area (Å²) >= 11 is 0. The fourth-order valence-corrected chi connectivity index (χ4v) is 22.9. The van der Waals surface area contributed by atoms with E-state index < -0.39 is 307 Å². The van der Waals surface area contributed by atoms with E-state index in [1.54, 1.807) is 0 Å². The van der Waals surface area contributed by atoms with Gasteiger partial charge < -0.3 is 0 Å². The zero-order chi connectivity index (χ0) is 78.4. The van der Waals surface area contributed by atoms with Crippen molar-refractivity contribution in [3.8, 4) is 0 Å². The van der Waals surface area contributed by atoms with Crippen LogP contribution < -0.4 is 0 Å². The van der Waals surface area contributed by atoms with Crippen LogP contribution in [-0.2, 0) is 0 Å². The third-order valence-corrected chi connectivity index (χ3v) is 24.6. The molecule has 0 bridgehead atoms. The molecule has 0 amide bonds. The minimum Gasteiger partial charge on any atom is -0.253 e. The molecule has 101 radical (unpaired) electrons. The summed E-state index contributed by atoms with van der Waals surface area (Å²) in [6.07, 6.45) is -87.1. The van der Waals surface area contributed by atoms with Crippen LogP contribution in [0.5, 0.6) is 0 Å². The Kier molecular flexibility index (Phi) is 52.4. The maximum atomic E-state index is 7.49. The molecule has 0 nitrogen and oxygen atoms in total. The van der Waals surface area contributed by atoms with Gasteiger partial charge >= 0.3 is 0 Å². The zero-order valence-electron chi connectivity index (χ0n) is 57.0. The Morgan fingerprint density at radius 3 is 0.283 bits per heavy atom. The van der Waals surface area contributed by atoms with E-state index in [9.17, 15) is 0 Å². The summed E-state index contributed by atoms with van der Waals surface area (Å²) < 4.78 is 0. The van der Waals surface area contributed by atoms with Crippen molar-refractivity contribution in [3.05, 3.63) is 0 Å². The maximum absolute atomic E-state index is 7.49. The molecule has 0 aliphatic rings. The predicted molar refractivity (Wildman–Crippen MR) is 571 cm³/mol. The standard InChI is InChI=1S/B98P/c1-51-76(50)89(77(52(2)3)53(4)5)95(88(74(46)47)75(48)49)98(94(86(70(38)39)71(40)41)87(72(42)43)73(44)45)99(96(90(78(54(6)7)55(8)9)79(56(10)11)57(12)13)91(80(58(14)15)59(16)17)81(60(18)19)61(20)21)97(92(82(62(22)23)63(24)25)83(64(26)27)65(28)29)93(84(66(30)31)67(32)33)85(68(34)35)69(36)37. The Hall–Kier alpha value is 6.79. The molecule has 0 unspecified atom stereocenters. The van der Waals surface area contributed by atoms with Gasteiger partial charge in [0.25, 0.3) is 0 Å². The molecule has 99 heteroatoms. The number of hydrogen-bond donors (Lipinski definition) is 0. The Labute approximate surface area is 693 Å². The van der Waals surface area contributed by atoms with Gasteiger partial charge in [0, 0.05) is 675 Å². The first-order chi connectivity index (χ1) is 45.1. The first-order valence-electron chi connectivity index (χ1n) is 32.4. The molecule has 0 aromatic heterocycles. The minimum atomic E-state index is -3.73. The Morgan fingerprint density at radius 1 is 0.121 bits per heavy atom. The van der Waals surface area contributed by atoms with Gasteiger partial charge in [0.15, 0.2) is 0 Å². The summed E-state index contributed by atoms with van der Waals surface area (Å²) in [4.78, 5) is 0. The molecule has 0 spiro atoms. The van der Waals surface area contributed by atoms with Crippen molar-refractivity contribution in [3.63, 3.8) is 0 Å². The lowest BCUT2D eigenvalue weighted by atomic mass is 8.34. The van der Waals surface area contributed by atoms with E-state index in [2.05, 4.69) is 0 Å². The summed E-state index contributed by atoms with van der Waals surface area (Å²) in [5.74, 6) is 0. The summed E-state index contributed by atoms with van der Waals surface area (Å²) in [6, 6.07) is 0. The highest BCUT2D eigenvalue weighted by atomic mass is 31.1. The van der Waals surface area contributed by atoms with E-state index in [1.807, 2.05) is 0 Å². The SMILES string of the molecule is [B][B]B([B])B(B(B([B])[B])B([B])[B])B(B(B([B])[B])B([B])[B])B(B(B(B([B])[B])B([B])[B])B(B([B])[B])B([B])[B])P(B(B(B(B([B])[B])B([B])[B])B(B([B])[B])B([B])[B])B(B(B([B])[B])B([B])[B])B(B([B])[B])B([B])[B])B(B(B(B([B])[B])B([B])[B])B(B([B])[B])B([B])[B])B(B(B([B])[B])B([B])[B])B(B([B])[B])B([B])[B]. The molecular weight excluding hydrogens is 1090 g/mol. The van der Waals surface area contributed by atoms with Crippen LogP contribution in [0, 0.1) is 0 Å². The van der Waals surface area contributed by atoms with Crippen LogP contribution in [0.25, 0.3) is 0 Å². The fraction of sp³-hybridized carbons (Fsp3) is 0. The van der Waals surface area contributed by atoms with E-state index in [1.165, 1.54) is 0 Å². The third-order valence-electron chi connectivity index (χ3n) is 20.5. The van der Waals surface area contributed by atoms with Crippen molar-refractivity contribution in [2.45, 2.75) is 0 Å². The predicted octanol–water partition coefficient (Wildman–Crippen LogP) is -36.5. The molecule has 0 saturated heterocycles. The Balaban J connectivity index is 14.6. The van der Waals surface area contributed by atoms with E-state index in [0.29, 0.717) is 0 Å². The third kappa shape index (κ3) is 28.6. The second-order valence-corrected chi connectivity index (χ2v) is 30.2. The molecular formula is B98P. The average molecular weight is 1090 g/mol. The first-order valence-corrected chi connectivity index (χ1v) is 34.0. The topological polar surface area (TPSA) is 0 Å². The number of hydrogen-bond acceptors (Lipinski definition) is 0. The van der Waals surface area contributed by atoms with Crippen molar-refractivity contribution < 1.29 is 0 Å². The minimum absolute atomic E-state index is 0.988. The summed E-state index contributed by atoms with van der Waals surface area (Å²) in [7, 11) is 353. The van der Waals surface area contributed by atoms with Crippen LogP contribution in [0.2, 0.25) is 0 Å². The molecule has 0 aromatic rings. The van der Waals surface area contributed by atoms with Gasteiger partial charge in [-0.3, -0.25) is 7.56 Å². The Bertz CT molecular complexity index is 1670. The smallest absolute Gasteiger partial charge is 0.0527 e. The van der Waals surface area contributed by atoms with Crippen LogP contribution in [0.3, 0.4) is 0 Å². The fourth-order valence-electron chi connectivity index (χ4n) is 17.0. The molecule has 0 fully saturated rings. The quantitative estimate of drug-likeness (QED) is 0.0421. The van der Waals surface area contributed by atoms with Crippen LogP contribution in [-0.4, -0.2) is 694 Å². The largest absolute Gasteiger partial charge is 0.253 e. The zero-order valence-corrected chi connectivity index (χ0v) is 57.9. The lowest BCUT2D eigenvalue weighted by Gasteiger charge is -2.64. The molecule has 0 heterocycles. The van der Waals surface area contributed by atoms with Gasteiger partial charge in [-0.15, -0.1) is 0 Å². The van der Waals surface area contributed by atoms with Crippen molar-refractivity contribution in [1.82, 2.24) is 0 Å². The van der Waals surface area contributed by atoms with Crippen LogP contribution >= 0.6 is 7.56 Å². The molecule has 99 heavy (non-hydrogen) atoms. The van der Waals surface area contributed by atoms with E-state index >= 15 is 0 Å². The Morgan fingerprint density at radius 2 is 0.202 bits per heavy atom. The van der Waals surface area contributed by atoms with Crippen molar-refractivity contribution >= 4 is 701 Å². The van der Waals surface area contributed by atoms with Crippen LogP contribution in [0.15, 0.2) is 0 Å². The highest BCUT2D eigenvalue weighted by Crippen LogP contribution is 2.54. The van der Waals surface area contributed by atoms with Crippen molar-refractivity contribution in [2.24, 2.45) is 0 Å². The maximum Gasteiger partial charge on any atom is 0.0527 e. The molecule has 299 valence electrons. The van der Waals surface area contributed by atoms with Gasteiger partial charge in [0.05, 0.1) is 18.6 Å². The highest BCUT2D eigenvalue weighted by Gasteiger charge is 2.68. The normalized spacial score (nSPS) is 9.91. The van der Waals surface area contributed by atoms with E-state index in [-0.39, 0.29) is 0 Å². The van der Waals surface area contributed by atoms with Gasteiger partial charge in [-0.25, -0.2) is 0 Å².